The van der Waals surface area contributed by atoms with Crippen LogP contribution in [0.4, 0.5) is 10.1 Å². The van der Waals surface area contributed by atoms with E-state index in [4.69, 9.17) is 0 Å². The number of fused-ring (bicyclic) bond motifs is 1. The zero-order chi connectivity index (χ0) is 22.0. The van der Waals surface area contributed by atoms with Gasteiger partial charge in [-0.2, -0.15) is 0 Å². The van der Waals surface area contributed by atoms with Crippen LogP contribution in [0, 0.1) is 0 Å². The van der Waals surface area contributed by atoms with Crippen molar-refractivity contribution in [3.05, 3.63) is 103 Å². The smallest absolute Gasteiger partial charge is 0.137 e. The van der Waals surface area contributed by atoms with Crippen LogP contribution in [0.1, 0.15) is 6.92 Å². The summed E-state index contributed by atoms with van der Waals surface area (Å²) in [4.78, 5) is 11.2. The Balaban J connectivity index is 1.71. The first kappa shape index (κ1) is 20.9. The first-order valence-electron chi connectivity index (χ1n) is 9.98. The number of benzene rings is 2. The normalized spacial score (nSPS) is 14.1. The Kier molecular flexibility index (Phi) is 5.96. The van der Waals surface area contributed by atoms with Gasteiger partial charge in [0, 0.05) is 27.5 Å². The Morgan fingerprint density at radius 3 is 2.71 bits per heavy atom. The number of thioether (sulfide) groups is 1. The van der Waals surface area contributed by atoms with Gasteiger partial charge in [-0.15, -0.1) is 11.8 Å². The van der Waals surface area contributed by atoms with Gasteiger partial charge in [0.2, 0.25) is 0 Å². The fourth-order valence-electron chi connectivity index (χ4n) is 3.53. The number of anilines is 1. The highest BCUT2D eigenvalue weighted by atomic mass is 32.2. The van der Waals surface area contributed by atoms with E-state index in [1.54, 1.807) is 11.8 Å². The lowest BCUT2D eigenvalue weighted by Gasteiger charge is -2.34. The molecule has 0 radical (unpaired) electrons. The molecule has 3 nitrogen and oxygen atoms in total. The van der Waals surface area contributed by atoms with Crippen molar-refractivity contribution in [2.75, 3.05) is 17.2 Å². The van der Waals surface area contributed by atoms with Crippen molar-refractivity contribution in [3.8, 4) is 22.6 Å². The number of aromatic amines is 1. The molecule has 0 amide bonds. The maximum Gasteiger partial charge on any atom is 0.137 e. The van der Waals surface area contributed by atoms with Gasteiger partial charge in [-0.25, -0.2) is 9.37 Å². The highest BCUT2D eigenvalue weighted by Crippen LogP contribution is 2.41. The Hall–Kier alpha value is -3.31. The summed E-state index contributed by atoms with van der Waals surface area (Å²) in [5.74, 6) is 1.19. The molecule has 2 heterocycles. The van der Waals surface area contributed by atoms with Crippen LogP contribution in [-0.4, -0.2) is 22.3 Å². The fourth-order valence-corrected chi connectivity index (χ4v) is 4.49. The topological polar surface area (TPSA) is 31.9 Å². The number of nitrogens with one attached hydrogen (secondary N) is 1. The molecule has 3 aromatic rings. The molecular formula is C26H24FN3S. The molecule has 0 fully saturated rings. The van der Waals surface area contributed by atoms with E-state index >= 15 is 0 Å². The van der Waals surface area contributed by atoms with E-state index in [1.165, 1.54) is 6.08 Å². The largest absolute Gasteiger partial charge is 0.339 e. The minimum atomic E-state index is -0.352. The first-order chi connectivity index (χ1) is 15.0. The standard InChI is InChI=1S/C26H24FN3S/c1-5-22(27)21(17(2)3)15-30-18(4)16-31-25-12-11-20(13-24(25)30)26-28-14-23(29-26)19-9-7-6-8-10-19/h5-14H,1-2,4,15-16H2,3H3,(H,28,29)/b22-21+. The SMILES string of the molecule is C=C/C(F)=C(/CN1C(=C)CSc2ccc(-c3ncc(-c4ccccc4)[nH]3)cc21)C(=C)C. The van der Waals surface area contributed by atoms with E-state index in [-0.39, 0.29) is 5.83 Å². The van der Waals surface area contributed by atoms with Gasteiger partial charge in [0.1, 0.15) is 11.7 Å². The number of allylic oxidation sites excluding steroid dienone is 2. The molecule has 156 valence electrons. The Morgan fingerprint density at radius 2 is 2.00 bits per heavy atom. The maximum absolute atomic E-state index is 14.4. The number of nitrogens with zero attached hydrogens (tertiary/aromatic N) is 2. The summed E-state index contributed by atoms with van der Waals surface area (Å²) in [5, 5.41) is 0. The summed E-state index contributed by atoms with van der Waals surface area (Å²) in [7, 11) is 0. The van der Waals surface area contributed by atoms with Gasteiger partial charge in [-0.05, 0) is 36.8 Å². The highest BCUT2D eigenvalue weighted by molar-refractivity contribution is 7.99. The molecule has 0 saturated carbocycles. The second-order valence-corrected chi connectivity index (χ2v) is 8.46. The van der Waals surface area contributed by atoms with Gasteiger partial charge in [0.15, 0.2) is 0 Å². The van der Waals surface area contributed by atoms with Crippen LogP contribution in [0.5, 0.6) is 0 Å². The predicted molar refractivity (Wildman–Crippen MR) is 130 cm³/mol. The summed E-state index contributed by atoms with van der Waals surface area (Å²) in [6.07, 6.45) is 3.08. The highest BCUT2D eigenvalue weighted by Gasteiger charge is 2.24. The Bertz CT molecular complexity index is 1190. The van der Waals surface area contributed by atoms with Crippen molar-refractivity contribution in [2.24, 2.45) is 0 Å². The summed E-state index contributed by atoms with van der Waals surface area (Å²) in [5.41, 5.74) is 6.14. The van der Waals surface area contributed by atoms with Crippen LogP contribution in [0.25, 0.3) is 22.6 Å². The number of hydrogen-bond acceptors (Lipinski definition) is 3. The van der Waals surface area contributed by atoms with Gasteiger partial charge in [0.25, 0.3) is 0 Å². The molecule has 0 aliphatic carbocycles. The lowest BCUT2D eigenvalue weighted by Crippen LogP contribution is -2.29. The van der Waals surface area contributed by atoms with Crippen LogP contribution in [-0.2, 0) is 0 Å². The molecule has 1 aliphatic rings. The minimum Gasteiger partial charge on any atom is -0.339 e. The number of halogens is 1. The van der Waals surface area contributed by atoms with E-state index in [9.17, 15) is 4.39 Å². The van der Waals surface area contributed by atoms with Crippen LogP contribution >= 0.6 is 11.8 Å². The molecule has 1 aromatic heterocycles. The third-order valence-electron chi connectivity index (χ3n) is 5.26. The molecule has 0 bridgehead atoms. The van der Waals surface area contributed by atoms with Gasteiger partial charge < -0.3 is 9.88 Å². The molecular weight excluding hydrogens is 405 g/mol. The molecule has 0 atom stereocenters. The van der Waals surface area contributed by atoms with Crippen molar-refractivity contribution in [1.82, 2.24) is 9.97 Å². The zero-order valence-corrected chi connectivity index (χ0v) is 18.3. The van der Waals surface area contributed by atoms with Crippen molar-refractivity contribution < 1.29 is 4.39 Å². The monoisotopic (exact) mass is 429 g/mol. The van der Waals surface area contributed by atoms with Gasteiger partial charge >= 0.3 is 0 Å². The van der Waals surface area contributed by atoms with E-state index in [0.29, 0.717) is 17.7 Å². The molecule has 2 aromatic carbocycles. The molecule has 0 unspecified atom stereocenters. The maximum atomic E-state index is 14.4. The third kappa shape index (κ3) is 4.28. The summed E-state index contributed by atoms with van der Waals surface area (Å²) in [6, 6.07) is 16.3. The zero-order valence-electron chi connectivity index (χ0n) is 17.5. The van der Waals surface area contributed by atoms with Crippen molar-refractivity contribution in [1.29, 1.82) is 0 Å². The molecule has 4 rings (SSSR count). The van der Waals surface area contributed by atoms with E-state index in [2.05, 4.69) is 52.8 Å². The number of imidazole rings is 1. The summed E-state index contributed by atoms with van der Waals surface area (Å²) < 4.78 is 14.4. The van der Waals surface area contributed by atoms with Gasteiger partial charge in [-0.1, -0.05) is 55.6 Å². The average Bonchev–Trinajstić information content (AvgIpc) is 3.28. The average molecular weight is 430 g/mol. The van der Waals surface area contributed by atoms with Crippen molar-refractivity contribution in [3.63, 3.8) is 0 Å². The summed E-state index contributed by atoms with van der Waals surface area (Å²) in [6.45, 7) is 13.9. The number of hydrogen-bond donors (Lipinski definition) is 1. The Morgan fingerprint density at radius 1 is 1.23 bits per heavy atom. The first-order valence-corrected chi connectivity index (χ1v) is 11.0. The molecule has 0 saturated heterocycles. The molecule has 1 N–H and O–H groups in total. The molecule has 31 heavy (non-hydrogen) atoms. The van der Waals surface area contributed by atoms with Crippen LogP contribution in [0.15, 0.2) is 108 Å². The second kappa shape index (κ2) is 8.82. The number of rotatable bonds is 6. The molecule has 0 spiro atoms. The van der Waals surface area contributed by atoms with Crippen molar-refractivity contribution in [2.45, 2.75) is 11.8 Å². The van der Waals surface area contributed by atoms with Crippen molar-refractivity contribution >= 4 is 17.4 Å². The molecule has 1 aliphatic heterocycles. The van der Waals surface area contributed by atoms with Crippen LogP contribution in [0.3, 0.4) is 0 Å². The summed E-state index contributed by atoms with van der Waals surface area (Å²) >= 11 is 1.73. The minimum absolute atomic E-state index is 0.352. The van der Waals surface area contributed by atoms with Gasteiger partial charge in [-0.3, -0.25) is 0 Å². The van der Waals surface area contributed by atoms with Crippen LogP contribution in [0.2, 0.25) is 0 Å². The lowest BCUT2D eigenvalue weighted by molar-refractivity contribution is 0.651. The lowest BCUT2D eigenvalue weighted by atomic mass is 10.1. The van der Waals surface area contributed by atoms with Gasteiger partial charge in [0.05, 0.1) is 24.1 Å². The van der Waals surface area contributed by atoms with Crippen LogP contribution < -0.4 is 4.90 Å². The van der Waals surface area contributed by atoms with E-state index in [1.807, 2.05) is 43.5 Å². The fraction of sp³-hybridized carbons (Fsp3) is 0.115. The molecule has 5 heteroatoms. The quantitative estimate of drug-likeness (QED) is 0.422. The predicted octanol–water partition coefficient (Wildman–Crippen LogP) is 7.16. The van der Waals surface area contributed by atoms with E-state index < -0.39 is 0 Å². The number of aromatic nitrogens is 2. The third-order valence-corrected chi connectivity index (χ3v) is 6.39. The number of H-pyrrole nitrogens is 1. The Labute approximate surface area is 186 Å². The second-order valence-electron chi connectivity index (χ2n) is 7.45. The van der Waals surface area contributed by atoms with E-state index in [0.717, 1.165) is 44.7 Å².